The maximum atomic E-state index is 12.7. The second-order valence-corrected chi connectivity index (χ2v) is 9.39. The van der Waals surface area contributed by atoms with Crippen LogP contribution in [0.5, 0.6) is 0 Å². The molecule has 1 N–H and O–H groups in total. The standard InChI is InChI=1S/C26H29N5O2/c1-17-28-15-21(22-7-5-6-12-27-22)24(30-17)19-10-8-18(9-11-19)14-29-25(33)20-13-23(32)31(16-20)26(2,3)4/h5-12,15,20H,13-14,16H2,1-4H3,(H,29,33). The smallest absolute Gasteiger partial charge is 0.225 e. The molecule has 1 unspecified atom stereocenters. The third-order valence-corrected chi connectivity index (χ3v) is 5.85. The van der Waals surface area contributed by atoms with Crippen LogP contribution in [0.4, 0.5) is 0 Å². The third-order valence-electron chi connectivity index (χ3n) is 5.85. The molecule has 0 bridgehead atoms. The third kappa shape index (κ3) is 5.08. The van der Waals surface area contributed by atoms with Gasteiger partial charge >= 0.3 is 0 Å². The summed E-state index contributed by atoms with van der Waals surface area (Å²) in [4.78, 5) is 40.1. The summed E-state index contributed by atoms with van der Waals surface area (Å²) < 4.78 is 0. The number of carbonyl (C=O) groups excluding carboxylic acids is 2. The summed E-state index contributed by atoms with van der Waals surface area (Å²) >= 11 is 0. The van der Waals surface area contributed by atoms with Crippen LogP contribution < -0.4 is 5.32 Å². The van der Waals surface area contributed by atoms with Gasteiger partial charge in [-0.1, -0.05) is 30.3 Å². The lowest BCUT2D eigenvalue weighted by Crippen LogP contribution is -2.43. The molecule has 33 heavy (non-hydrogen) atoms. The van der Waals surface area contributed by atoms with Gasteiger partial charge in [-0.25, -0.2) is 9.97 Å². The molecule has 3 heterocycles. The average molecular weight is 444 g/mol. The van der Waals surface area contributed by atoms with Gasteiger partial charge in [0.05, 0.1) is 17.3 Å². The predicted molar refractivity (Wildman–Crippen MR) is 127 cm³/mol. The number of aryl methyl sites for hydroxylation is 1. The van der Waals surface area contributed by atoms with Gasteiger partial charge in [0, 0.05) is 48.6 Å². The van der Waals surface area contributed by atoms with E-state index in [9.17, 15) is 9.59 Å². The molecule has 7 nitrogen and oxygen atoms in total. The number of hydrogen-bond donors (Lipinski definition) is 1. The van der Waals surface area contributed by atoms with Gasteiger partial charge < -0.3 is 10.2 Å². The molecule has 1 aliphatic heterocycles. The minimum Gasteiger partial charge on any atom is -0.352 e. The Hall–Kier alpha value is -3.61. The highest BCUT2D eigenvalue weighted by Gasteiger charge is 2.39. The van der Waals surface area contributed by atoms with Crippen molar-refractivity contribution in [3.8, 4) is 22.5 Å². The SMILES string of the molecule is Cc1ncc(-c2ccccn2)c(-c2ccc(CNC(=O)C3CC(=O)N(C(C)(C)C)C3)cc2)n1. The summed E-state index contributed by atoms with van der Waals surface area (Å²) in [6, 6.07) is 13.7. The van der Waals surface area contributed by atoms with Crippen LogP contribution in [0.2, 0.25) is 0 Å². The fraction of sp³-hybridized carbons (Fsp3) is 0.346. The molecular weight excluding hydrogens is 414 g/mol. The second kappa shape index (κ2) is 9.10. The Kier molecular flexibility index (Phi) is 6.22. The first kappa shape index (κ1) is 22.6. The van der Waals surface area contributed by atoms with Crippen LogP contribution in [0.25, 0.3) is 22.5 Å². The van der Waals surface area contributed by atoms with E-state index in [2.05, 4.69) is 20.3 Å². The zero-order valence-electron chi connectivity index (χ0n) is 19.5. The lowest BCUT2D eigenvalue weighted by atomic mass is 10.0. The van der Waals surface area contributed by atoms with Gasteiger partial charge in [0.2, 0.25) is 11.8 Å². The molecule has 7 heteroatoms. The normalized spacial score (nSPS) is 16.2. The Morgan fingerprint density at radius 1 is 1.12 bits per heavy atom. The van der Waals surface area contributed by atoms with Gasteiger partial charge in [0.1, 0.15) is 5.82 Å². The van der Waals surface area contributed by atoms with Gasteiger partial charge in [0.25, 0.3) is 0 Å². The highest BCUT2D eigenvalue weighted by molar-refractivity contribution is 5.89. The summed E-state index contributed by atoms with van der Waals surface area (Å²) in [5.74, 6) is 0.344. The van der Waals surface area contributed by atoms with Crippen molar-refractivity contribution >= 4 is 11.8 Å². The van der Waals surface area contributed by atoms with E-state index in [1.165, 1.54) is 0 Å². The minimum atomic E-state index is -0.305. The van der Waals surface area contributed by atoms with Gasteiger partial charge in [-0.05, 0) is 45.4 Å². The van der Waals surface area contributed by atoms with E-state index in [1.807, 2.05) is 70.2 Å². The van der Waals surface area contributed by atoms with Crippen molar-refractivity contribution in [2.45, 2.75) is 46.2 Å². The molecule has 0 saturated carbocycles. The Bertz CT molecular complexity index is 1150. The Balaban J connectivity index is 1.44. The number of benzene rings is 1. The van der Waals surface area contributed by atoms with Gasteiger partial charge in [0.15, 0.2) is 0 Å². The van der Waals surface area contributed by atoms with Crippen molar-refractivity contribution in [3.63, 3.8) is 0 Å². The molecule has 1 atom stereocenters. The van der Waals surface area contributed by atoms with Crippen LogP contribution in [-0.2, 0) is 16.1 Å². The Morgan fingerprint density at radius 3 is 2.52 bits per heavy atom. The van der Waals surface area contributed by atoms with E-state index in [0.717, 1.165) is 28.1 Å². The first-order valence-electron chi connectivity index (χ1n) is 11.1. The van der Waals surface area contributed by atoms with Crippen molar-refractivity contribution < 1.29 is 9.59 Å². The van der Waals surface area contributed by atoms with E-state index >= 15 is 0 Å². The number of nitrogens with zero attached hydrogens (tertiary/aromatic N) is 4. The molecule has 1 aliphatic rings. The largest absolute Gasteiger partial charge is 0.352 e. The van der Waals surface area contributed by atoms with Crippen LogP contribution in [0, 0.1) is 12.8 Å². The summed E-state index contributed by atoms with van der Waals surface area (Å²) in [6.07, 6.45) is 3.83. The highest BCUT2D eigenvalue weighted by atomic mass is 16.2. The molecule has 4 rings (SSSR count). The molecule has 1 aromatic carbocycles. The molecule has 2 amide bonds. The molecule has 1 fully saturated rings. The van der Waals surface area contributed by atoms with E-state index < -0.39 is 0 Å². The number of hydrogen-bond acceptors (Lipinski definition) is 5. The van der Waals surface area contributed by atoms with Crippen molar-refractivity contribution in [2.24, 2.45) is 5.92 Å². The number of amides is 2. The first-order chi connectivity index (χ1) is 15.7. The lowest BCUT2D eigenvalue weighted by molar-refractivity contribution is -0.132. The Labute approximate surface area is 194 Å². The molecular formula is C26H29N5O2. The fourth-order valence-corrected chi connectivity index (χ4v) is 4.04. The topological polar surface area (TPSA) is 88.1 Å². The molecule has 0 radical (unpaired) electrons. The van der Waals surface area contributed by atoms with Crippen LogP contribution >= 0.6 is 0 Å². The maximum absolute atomic E-state index is 12.7. The van der Waals surface area contributed by atoms with Crippen LogP contribution in [0.3, 0.4) is 0 Å². The molecule has 2 aromatic heterocycles. The summed E-state index contributed by atoms with van der Waals surface area (Å²) in [6.45, 7) is 8.72. The molecule has 0 aliphatic carbocycles. The maximum Gasteiger partial charge on any atom is 0.225 e. The highest BCUT2D eigenvalue weighted by Crippen LogP contribution is 2.29. The van der Waals surface area contributed by atoms with E-state index in [-0.39, 0.29) is 29.7 Å². The second-order valence-electron chi connectivity index (χ2n) is 9.39. The zero-order chi connectivity index (χ0) is 23.6. The van der Waals surface area contributed by atoms with Crippen molar-refractivity contribution in [1.82, 2.24) is 25.2 Å². The summed E-state index contributed by atoms with van der Waals surface area (Å²) in [5.41, 5.74) is 4.18. The van der Waals surface area contributed by atoms with E-state index in [4.69, 9.17) is 0 Å². The monoisotopic (exact) mass is 443 g/mol. The quantitative estimate of drug-likeness (QED) is 0.648. The lowest BCUT2D eigenvalue weighted by Gasteiger charge is -2.31. The van der Waals surface area contributed by atoms with Gasteiger partial charge in [-0.3, -0.25) is 14.6 Å². The number of rotatable bonds is 5. The molecule has 170 valence electrons. The molecule has 1 saturated heterocycles. The molecule has 3 aromatic rings. The van der Waals surface area contributed by atoms with Gasteiger partial charge in [-0.2, -0.15) is 0 Å². The van der Waals surface area contributed by atoms with E-state index in [0.29, 0.717) is 18.9 Å². The summed E-state index contributed by atoms with van der Waals surface area (Å²) in [5, 5.41) is 2.99. The van der Waals surface area contributed by atoms with Crippen molar-refractivity contribution in [3.05, 3.63) is 66.2 Å². The number of pyridine rings is 1. The average Bonchev–Trinajstić information content (AvgIpc) is 3.21. The number of likely N-dealkylation sites (tertiary alicyclic amines) is 1. The molecule has 0 spiro atoms. The summed E-state index contributed by atoms with van der Waals surface area (Å²) in [7, 11) is 0. The first-order valence-corrected chi connectivity index (χ1v) is 11.1. The number of aromatic nitrogens is 3. The number of nitrogens with one attached hydrogen (secondary N) is 1. The Morgan fingerprint density at radius 2 is 1.88 bits per heavy atom. The zero-order valence-corrected chi connectivity index (χ0v) is 19.5. The van der Waals surface area contributed by atoms with Crippen LogP contribution in [0.1, 0.15) is 38.6 Å². The number of carbonyl (C=O) groups is 2. The van der Waals surface area contributed by atoms with Gasteiger partial charge in [-0.15, -0.1) is 0 Å². The van der Waals surface area contributed by atoms with Crippen molar-refractivity contribution in [2.75, 3.05) is 6.54 Å². The fourth-order valence-electron chi connectivity index (χ4n) is 4.04. The van der Waals surface area contributed by atoms with Crippen LogP contribution in [-0.4, -0.2) is 43.7 Å². The van der Waals surface area contributed by atoms with Crippen molar-refractivity contribution in [1.29, 1.82) is 0 Å². The minimum absolute atomic E-state index is 0.0378. The van der Waals surface area contributed by atoms with Crippen LogP contribution in [0.15, 0.2) is 54.9 Å². The predicted octanol–water partition coefficient (Wildman–Crippen LogP) is 3.78. The van der Waals surface area contributed by atoms with E-state index in [1.54, 1.807) is 17.3 Å².